The van der Waals surface area contributed by atoms with Gasteiger partial charge in [0, 0.05) is 0 Å². The summed E-state index contributed by atoms with van der Waals surface area (Å²) >= 11 is 0. The van der Waals surface area contributed by atoms with Crippen molar-refractivity contribution in [2.75, 3.05) is 6.61 Å². The Labute approximate surface area is 112 Å². The van der Waals surface area contributed by atoms with E-state index in [2.05, 4.69) is 0 Å². The fourth-order valence-electron chi connectivity index (χ4n) is 3.85. The molecule has 5 heterocycles. The summed E-state index contributed by atoms with van der Waals surface area (Å²) in [5.74, 6) is 0. The molecule has 0 aliphatic carbocycles. The first-order chi connectivity index (χ1) is 9.35. The van der Waals surface area contributed by atoms with Crippen molar-refractivity contribution in [1.82, 2.24) is 0 Å². The highest BCUT2D eigenvalue weighted by Gasteiger charge is 2.61. The van der Waals surface area contributed by atoms with Crippen LogP contribution in [-0.4, -0.2) is 49.2 Å². The topological polar surface area (TPSA) is 56.0 Å². The molecule has 5 aliphatic heterocycles. The zero-order chi connectivity index (χ0) is 12.4. The summed E-state index contributed by atoms with van der Waals surface area (Å²) < 4.78 is 29.2. The van der Waals surface area contributed by atoms with Crippen molar-refractivity contribution in [1.29, 1.82) is 0 Å². The summed E-state index contributed by atoms with van der Waals surface area (Å²) in [7, 11) is 0. The lowest BCUT2D eigenvalue weighted by Crippen LogP contribution is -2.51. The second-order valence-electron chi connectivity index (χ2n) is 6.43. The Bertz CT molecular complexity index is 384. The minimum Gasteiger partial charge on any atom is -0.370 e. The monoisotopic (exact) mass is 268 g/mol. The lowest BCUT2D eigenvalue weighted by atomic mass is 9.85. The Hall–Kier alpha value is -0.200. The van der Waals surface area contributed by atoms with Crippen LogP contribution >= 0.6 is 0 Å². The molecule has 0 spiro atoms. The van der Waals surface area contributed by atoms with Gasteiger partial charge in [-0.3, -0.25) is 0 Å². The summed E-state index contributed by atoms with van der Waals surface area (Å²) in [6.07, 6.45) is 7.50. The molecule has 7 unspecified atom stereocenters. The summed E-state index contributed by atoms with van der Waals surface area (Å²) in [6, 6.07) is 0. The molecular weight excluding hydrogens is 248 g/mol. The maximum atomic E-state index is 6.33. The second-order valence-corrected chi connectivity index (χ2v) is 6.43. The highest BCUT2D eigenvalue weighted by molar-refractivity contribution is 5.06. The quantitative estimate of drug-likeness (QED) is 0.707. The number of hydrogen-bond donors (Lipinski definition) is 0. The van der Waals surface area contributed by atoms with E-state index in [1.165, 1.54) is 0 Å². The number of fused-ring (bicyclic) bond motifs is 2. The van der Waals surface area contributed by atoms with Crippen LogP contribution < -0.4 is 0 Å². The normalized spacial score (nSPS) is 59.4. The molecule has 5 heteroatoms. The van der Waals surface area contributed by atoms with Gasteiger partial charge in [-0.1, -0.05) is 0 Å². The van der Waals surface area contributed by atoms with E-state index in [1.54, 1.807) is 0 Å². The standard InChI is InChI=1S/C14H20O5/c1-3-8-12(16-8)18-10(5-1)14(11-7-15-11)6-2-4-9-13(17-9)19-14/h8-13H,1-7H2. The molecule has 0 saturated carbocycles. The van der Waals surface area contributed by atoms with Crippen LogP contribution in [0.3, 0.4) is 0 Å². The minimum atomic E-state index is -0.295. The molecule has 5 rings (SSSR count). The lowest BCUT2D eigenvalue weighted by Gasteiger charge is -2.38. The van der Waals surface area contributed by atoms with Gasteiger partial charge in [-0.25, -0.2) is 0 Å². The molecule has 0 aromatic heterocycles. The van der Waals surface area contributed by atoms with Crippen molar-refractivity contribution in [2.24, 2.45) is 0 Å². The van der Waals surface area contributed by atoms with Crippen molar-refractivity contribution >= 4 is 0 Å². The van der Waals surface area contributed by atoms with Crippen LogP contribution in [0.2, 0.25) is 0 Å². The number of hydrogen-bond acceptors (Lipinski definition) is 5. The summed E-state index contributed by atoms with van der Waals surface area (Å²) in [5.41, 5.74) is -0.295. The fraction of sp³-hybridized carbons (Fsp3) is 1.00. The van der Waals surface area contributed by atoms with E-state index in [0.29, 0.717) is 12.2 Å². The molecule has 5 fully saturated rings. The molecule has 0 aromatic carbocycles. The van der Waals surface area contributed by atoms with Gasteiger partial charge in [-0.2, -0.15) is 0 Å². The van der Waals surface area contributed by atoms with Gasteiger partial charge >= 0.3 is 0 Å². The van der Waals surface area contributed by atoms with Gasteiger partial charge in [-0.15, -0.1) is 0 Å². The van der Waals surface area contributed by atoms with Crippen LogP contribution in [0, 0.1) is 0 Å². The van der Waals surface area contributed by atoms with E-state index < -0.39 is 0 Å². The van der Waals surface area contributed by atoms with E-state index in [9.17, 15) is 0 Å². The summed E-state index contributed by atoms with van der Waals surface area (Å²) in [5, 5.41) is 0. The molecule has 0 radical (unpaired) electrons. The molecule has 7 atom stereocenters. The van der Waals surface area contributed by atoms with Crippen LogP contribution in [0.15, 0.2) is 0 Å². The Balaban J connectivity index is 1.43. The largest absolute Gasteiger partial charge is 0.370 e. The van der Waals surface area contributed by atoms with Gasteiger partial charge < -0.3 is 23.7 Å². The van der Waals surface area contributed by atoms with Crippen LogP contribution in [0.5, 0.6) is 0 Å². The van der Waals surface area contributed by atoms with E-state index in [0.717, 1.165) is 45.1 Å². The van der Waals surface area contributed by atoms with Crippen LogP contribution in [0.4, 0.5) is 0 Å². The molecule has 0 aromatic rings. The fourth-order valence-corrected chi connectivity index (χ4v) is 3.85. The van der Waals surface area contributed by atoms with Gasteiger partial charge in [-0.05, 0) is 38.5 Å². The zero-order valence-corrected chi connectivity index (χ0v) is 11.0. The van der Waals surface area contributed by atoms with E-state index in [4.69, 9.17) is 23.7 Å². The van der Waals surface area contributed by atoms with Crippen LogP contribution in [-0.2, 0) is 23.7 Å². The minimum absolute atomic E-state index is 0.00546. The van der Waals surface area contributed by atoms with Crippen molar-refractivity contribution in [2.45, 2.75) is 81.1 Å². The average molecular weight is 268 g/mol. The first-order valence-corrected chi connectivity index (χ1v) is 7.61. The zero-order valence-electron chi connectivity index (χ0n) is 11.0. The molecule has 0 bridgehead atoms. The van der Waals surface area contributed by atoms with Crippen LogP contribution in [0.25, 0.3) is 0 Å². The Morgan fingerprint density at radius 2 is 1.58 bits per heavy atom. The van der Waals surface area contributed by atoms with Crippen LogP contribution in [0.1, 0.15) is 38.5 Å². The number of ether oxygens (including phenoxy) is 5. The van der Waals surface area contributed by atoms with Crippen molar-refractivity contribution in [3.05, 3.63) is 0 Å². The summed E-state index contributed by atoms with van der Waals surface area (Å²) in [6.45, 7) is 0.798. The first-order valence-electron chi connectivity index (χ1n) is 7.61. The SMILES string of the molecule is C1CC2OC2OC(C2(C3CO3)CCCC3OC3O2)C1. The lowest BCUT2D eigenvalue weighted by molar-refractivity contribution is -0.196. The molecule has 19 heavy (non-hydrogen) atoms. The van der Waals surface area contributed by atoms with Gasteiger partial charge in [0.2, 0.25) is 0 Å². The third-order valence-corrected chi connectivity index (χ3v) is 5.14. The van der Waals surface area contributed by atoms with Gasteiger partial charge in [0.15, 0.2) is 12.6 Å². The predicted octanol–water partition coefficient (Wildman–Crippen LogP) is 1.34. The van der Waals surface area contributed by atoms with E-state index in [1.807, 2.05) is 0 Å². The third-order valence-electron chi connectivity index (χ3n) is 5.14. The maximum absolute atomic E-state index is 6.33. The Morgan fingerprint density at radius 1 is 0.789 bits per heavy atom. The van der Waals surface area contributed by atoms with Crippen molar-refractivity contribution in [3.8, 4) is 0 Å². The van der Waals surface area contributed by atoms with Gasteiger partial charge in [0.1, 0.15) is 23.9 Å². The molecule has 5 nitrogen and oxygen atoms in total. The maximum Gasteiger partial charge on any atom is 0.185 e. The molecule has 0 N–H and O–H groups in total. The molecule has 5 saturated heterocycles. The van der Waals surface area contributed by atoms with Gasteiger partial charge in [0.25, 0.3) is 0 Å². The van der Waals surface area contributed by atoms with Gasteiger partial charge in [0.05, 0.1) is 12.7 Å². The highest BCUT2D eigenvalue weighted by Crippen LogP contribution is 2.49. The summed E-state index contributed by atoms with van der Waals surface area (Å²) in [4.78, 5) is 0. The van der Waals surface area contributed by atoms with Crippen molar-refractivity contribution in [3.63, 3.8) is 0 Å². The Kier molecular flexibility index (Phi) is 2.36. The smallest absolute Gasteiger partial charge is 0.185 e. The number of epoxide rings is 3. The first kappa shape index (κ1) is 11.5. The highest BCUT2D eigenvalue weighted by atomic mass is 16.8. The third kappa shape index (κ3) is 1.87. The predicted molar refractivity (Wildman–Crippen MR) is 63.5 cm³/mol. The van der Waals surface area contributed by atoms with E-state index >= 15 is 0 Å². The molecule has 106 valence electrons. The molecule has 5 aliphatic rings. The van der Waals surface area contributed by atoms with Crippen molar-refractivity contribution < 1.29 is 23.7 Å². The average Bonchev–Trinajstić information content (AvgIpc) is 3.21. The number of rotatable bonds is 2. The molecular formula is C14H20O5. The van der Waals surface area contributed by atoms with E-state index in [-0.39, 0.29) is 30.4 Å². The second kappa shape index (κ2) is 3.92. The molecule has 0 amide bonds. The Morgan fingerprint density at radius 3 is 2.47 bits per heavy atom.